The molecular weight excluding hydrogens is 319 g/mol. The van der Waals surface area contributed by atoms with Gasteiger partial charge in [0.05, 0.1) is 5.56 Å². The normalized spacial score (nSPS) is 23.1. The summed E-state index contributed by atoms with van der Waals surface area (Å²) in [5.74, 6) is -0.326. The van der Waals surface area contributed by atoms with Crippen LogP contribution in [0.3, 0.4) is 0 Å². The number of benzene rings is 1. The van der Waals surface area contributed by atoms with Gasteiger partial charge in [-0.2, -0.15) is 13.2 Å². The number of piperazine rings is 1. The summed E-state index contributed by atoms with van der Waals surface area (Å²) in [6.07, 6.45) is -2.28. The standard InChI is InChI=1S/C17H20F3N3O/c1-21-9-13-12(15(21)24)7-11(8-14(13)17(18,19)20)23-6-5-22(2)16(10-23)3-4-16/h7-8H,3-6,9-10H2,1-2H3. The van der Waals surface area contributed by atoms with Gasteiger partial charge >= 0.3 is 6.18 Å². The zero-order valence-corrected chi connectivity index (χ0v) is 13.8. The number of amides is 1. The number of carbonyl (C=O) groups is 1. The van der Waals surface area contributed by atoms with Gasteiger partial charge in [0.2, 0.25) is 0 Å². The van der Waals surface area contributed by atoms with Gasteiger partial charge in [-0.25, -0.2) is 0 Å². The van der Waals surface area contributed by atoms with Gasteiger partial charge in [0.15, 0.2) is 0 Å². The summed E-state index contributed by atoms with van der Waals surface area (Å²) >= 11 is 0. The summed E-state index contributed by atoms with van der Waals surface area (Å²) in [7, 11) is 3.61. The van der Waals surface area contributed by atoms with Crippen molar-refractivity contribution in [2.24, 2.45) is 0 Å². The Bertz CT molecular complexity index is 712. The number of rotatable bonds is 1. The molecule has 0 atom stereocenters. The molecule has 1 spiro atoms. The Kier molecular flexibility index (Phi) is 3.20. The van der Waals surface area contributed by atoms with Gasteiger partial charge in [0, 0.05) is 50.0 Å². The van der Waals surface area contributed by atoms with Crippen LogP contribution >= 0.6 is 0 Å². The second-order valence-electron chi connectivity index (χ2n) is 7.25. The number of hydrogen-bond acceptors (Lipinski definition) is 3. The van der Waals surface area contributed by atoms with E-state index in [0.29, 0.717) is 12.2 Å². The summed E-state index contributed by atoms with van der Waals surface area (Å²) < 4.78 is 40.5. The van der Waals surface area contributed by atoms with Gasteiger partial charge in [-0.1, -0.05) is 0 Å². The van der Waals surface area contributed by atoms with Crippen molar-refractivity contribution < 1.29 is 18.0 Å². The lowest BCUT2D eigenvalue weighted by Gasteiger charge is -2.41. The molecule has 0 aromatic heterocycles. The minimum atomic E-state index is -4.45. The summed E-state index contributed by atoms with van der Waals surface area (Å²) in [4.78, 5) is 17.9. The van der Waals surface area contributed by atoms with Gasteiger partial charge < -0.3 is 9.80 Å². The van der Waals surface area contributed by atoms with Crippen molar-refractivity contribution >= 4 is 11.6 Å². The molecule has 0 radical (unpaired) electrons. The molecule has 4 nitrogen and oxygen atoms in total. The molecule has 1 amide bonds. The predicted octanol–water partition coefficient (Wildman–Crippen LogP) is 2.58. The molecular formula is C17H20F3N3O. The van der Waals surface area contributed by atoms with E-state index in [-0.39, 0.29) is 29.1 Å². The van der Waals surface area contributed by atoms with E-state index in [0.717, 1.165) is 25.9 Å². The highest BCUT2D eigenvalue weighted by Gasteiger charge is 2.50. The van der Waals surface area contributed by atoms with Crippen LogP contribution in [-0.2, 0) is 12.7 Å². The highest BCUT2D eigenvalue weighted by Crippen LogP contribution is 2.45. The van der Waals surface area contributed by atoms with Gasteiger partial charge in [0.1, 0.15) is 0 Å². The van der Waals surface area contributed by atoms with Crippen LogP contribution in [0.4, 0.5) is 18.9 Å². The molecule has 4 rings (SSSR count). The van der Waals surface area contributed by atoms with Crippen molar-refractivity contribution in [2.75, 3.05) is 38.6 Å². The third-order valence-corrected chi connectivity index (χ3v) is 5.71. The molecule has 24 heavy (non-hydrogen) atoms. The molecule has 2 aliphatic heterocycles. The third-order valence-electron chi connectivity index (χ3n) is 5.71. The number of halogens is 3. The van der Waals surface area contributed by atoms with Crippen LogP contribution in [0.25, 0.3) is 0 Å². The lowest BCUT2D eigenvalue weighted by atomic mass is 10.00. The molecule has 3 aliphatic rings. The maximum absolute atomic E-state index is 13.5. The minimum Gasteiger partial charge on any atom is -0.368 e. The van der Waals surface area contributed by atoms with Crippen LogP contribution in [0.1, 0.15) is 34.3 Å². The fourth-order valence-corrected chi connectivity index (χ4v) is 3.94. The summed E-state index contributed by atoms with van der Waals surface area (Å²) in [5.41, 5.74) is 0.261. The van der Waals surface area contributed by atoms with Crippen molar-refractivity contribution in [3.63, 3.8) is 0 Å². The van der Waals surface area contributed by atoms with Crippen molar-refractivity contribution in [1.29, 1.82) is 0 Å². The van der Waals surface area contributed by atoms with Crippen molar-refractivity contribution in [2.45, 2.75) is 31.1 Å². The fraction of sp³-hybridized carbons (Fsp3) is 0.588. The number of hydrogen-bond donors (Lipinski definition) is 0. The summed E-state index contributed by atoms with van der Waals surface area (Å²) in [5, 5.41) is 0. The monoisotopic (exact) mass is 339 g/mol. The zero-order valence-electron chi connectivity index (χ0n) is 13.8. The Labute approximate surface area is 138 Å². The minimum absolute atomic E-state index is 0.0238. The SMILES string of the molecule is CN1Cc2c(cc(N3CCN(C)C4(CC4)C3)cc2C(F)(F)F)C1=O. The summed E-state index contributed by atoms with van der Waals surface area (Å²) in [6, 6.07) is 2.88. The number of likely N-dealkylation sites (N-methyl/N-ethyl adjacent to an activating group) is 1. The van der Waals surface area contributed by atoms with E-state index in [1.165, 1.54) is 18.0 Å². The lowest BCUT2D eigenvalue weighted by molar-refractivity contribution is -0.138. The van der Waals surface area contributed by atoms with Crippen LogP contribution in [0, 0.1) is 0 Å². The van der Waals surface area contributed by atoms with E-state index in [9.17, 15) is 18.0 Å². The van der Waals surface area contributed by atoms with E-state index >= 15 is 0 Å². The molecule has 0 N–H and O–H groups in total. The average molecular weight is 339 g/mol. The number of nitrogens with zero attached hydrogens (tertiary/aromatic N) is 3. The van der Waals surface area contributed by atoms with E-state index in [1.54, 1.807) is 6.07 Å². The first-order valence-corrected chi connectivity index (χ1v) is 8.17. The lowest BCUT2D eigenvalue weighted by Crippen LogP contribution is -2.53. The van der Waals surface area contributed by atoms with Gasteiger partial charge in [-0.15, -0.1) is 0 Å². The quantitative estimate of drug-likeness (QED) is 0.787. The number of fused-ring (bicyclic) bond motifs is 1. The van der Waals surface area contributed by atoms with E-state index in [2.05, 4.69) is 11.9 Å². The topological polar surface area (TPSA) is 26.8 Å². The van der Waals surface area contributed by atoms with Crippen LogP contribution in [0.15, 0.2) is 12.1 Å². The van der Waals surface area contributed by atoms with Gasteiger partial charge in [-0.05, 0) is 37.6 Å². The molecule has 2 heterocycles. The highest BCUT2D eigenvalue weighted by atomic mass is 19.4. The second-order valence-corrected chi connectivity index (χ2v) is 7.25. The van der Waals surface area contributed by atoms with Crippen LogP contribution in [0.5, 0.6) is 0 Å². The maximum atomic E-state index is 13.5. The van der Waals surface area contributed by atoms with Crippen LogP contribution in [0.2, 0.25) is 0 Å². The molecule has 1 aromatic carbocycles. The molecule has 0 bridgehead atoms. The Morgan fingerprint density at radius 1 is 1.12 bits per heavy atom. The first-order chi connectivity index (χ1) is 11.2. The number of alkyl halides is 3. The molecule has 1 aromatic rings. The Balaban J connectivity index is 1.76. The number of anilines is 1. The second kappa shape index (κ2) is 4.88. The first kappa shape index (κ1) is 15.7. The van der Waals surface area contributed by atoms with Crippen molar-refractivity contribution in [3.05, 3.63) is 28.8 Å². The Morgan fingerprint density at radius 2 is 1.83 bits per heavy atom. The fourth-order valence-electron chi connectivity index (χ4n) is 3.94. The smallest absolute Gasteiger partial charge is 0.368 e. The van der Waals surface area contributed by atoms with Crippen molar-refractivity contribution in [1.82, 2.24) is 9.80 Å². The molecule has 1 saturated heterocycles. The molecule has 0 unspecified atom stereocenters. The Morgan fingerprint density at radius 3 is 2.46 bits per heavy atom. The molecule has 2 fully saturated rings. The number of carbonyl (C=O) groups excluding carboxylic acids is 1. The molecule has 1 saturated carbocycles. The van der Waals surface area contributed by atoms with E-state index in [4.69, 9.17) is 0 Å². The summed E-state index contributed by atoms with van der Waals surface area (Å²) in [6.45, 7) is 2.25. The highest BCUT2D eigenvalue weighted by molar-refractivity contribution is 5.99. The maximum Gasteiger partial charge on any atom is 0.416 e. The first-order valence-electron chi connectivity index (χ1n) is 8.17. The van der Waals surface area contributed by atoms with E-state index < -0.39 is 11.7 Å². The van der Waals surface area contributed by atoms with Gasteiger partial charge in [-0.3, -0.25) is 9.69 Å². The van der Waals surface area contributed by atoms with Gasteiger partial charge in [0.25, 0.3) is 5.91 Å². The van der Waals surface area contributed by atoms with E-state index in [1.807, 2.05) is 4.90 Å². The third kappa shape index (κ3) is 2.29. The molecule has 7 heteroatoms. The largest absolute Gasteiger partial charge is 0.416 e. The average Bonchev–Trinajstić information content (AvgIpc) is 3.22. The van der Waals surface area contributed by atoms with Crippen LogP contribution < -0.4 is 4.90 Å². The Hall–Kier alpha value is -1.76. The molecule has 1 aliphatic carbocycles. The zero-order chi connectivity index (χ0) is 17.3. The predicted molar refractivity (Wildman–Crippen MR) is 84.0 cm³/mol. The molecule has 130 valence electrons. The van der Waals surface area contributed by atoms with Crippen molar-refractivity contribution in [3.8, 4) is 0 Å². The van der Waals surface area contributed by atoms with Crippen LogP contribution in [-0.4, -0.2) is 55.0 Å².